The lowest BCUT2D eigenvalue weighted by molar-refractivity contribution is 0.277. The van der Waals surface area contributed by atoms with Crippen molar-refractivity contribution < 1.29 is 14.3 Å². The van der Waals surface area contributed by atoms with Crippen molar-refractivity contribution in [3.63, 3.8) is 0 Å². The molecule has 0 saturated heterocycles. The molecule has 1 aromatic rings. The van der Waals surface area contributed by atoms with Crippen molar-refractivity contribution in [3.05, 3.63) is 22.2 Å². The van der Waals surface area contributed by atoms with Crippen LogP contribution in [0.1, 0.15) is 26.3 Å². The van der Waals surface area contributed by atoms with Crippen LogP contribution in [0.25, 0.3) is 0 Å². The number of aliphatic hydroxyl groups is 1. The average molecular weight is 347 g/mol. The lowest BCUT2D eigenvalue weighted by Crippen LogP contribution is -2.44. The zero-order valence-electron chi connectivity index (χ0n) is 12.5. The van der Waals surface area contributed by atoms with Gasteiger partial charge in [-0.25, -0.2) is 0 Å². The van der Waals surface area contributed by atoms with Gasteiger partial charge in [-0.3, -0.25) is 0 Å². The Morgan fingerprint density at radius 3 is 2.26 bits per heavy atom. The van der Waals surface area contributed by atoms with Gasteiger partial charge >= 0.3 is 0 Å². The number of halogens is 1. The van der Waals surface area contributed by atoms with Gasteiger partial charge in [-0.1, -0.05) is 20.8 Å². The van der Waals surface area contributed by atoms with E-state index in [2.05, 4.69) is 49.8 Å². The molecule has 1 N–H and O–H groups in total. The number of hydrogen-bond donors (Lipinski definition) is 1. The Kier molecular flexibility index (Phi) is 5.09. The Morgan fingerprint density at radius 1 is 1.26 bits per heavy atom. The summed E-state index contributed by atoms with van der Waals surface area (Å²) in [4.78, 5) is 0. The van der Waals surface area contributed by atoms with E-state index in [4.69, 9.17) is 9.16 Å². The normalized spacial score (nSPS) is 12.4. The molecule has 0 atom stereocenters. The Bertz CT molecular complexity index is 453. The number of rotatable bonds is 4. The summed E-state index contributed by atoms with van der Waals surface area (Å²) >= 11 is 3.51. The molecular weight excluding hydrogens is 324 g/mol. The summed E-state index contributed by atoms with van der Waals surface area (Å²) in [5.41, 5.74) is 0.775. The first-order valence-corrected chi connectivity index (χ1v) is 9.99. The van der Waals surface area contributed by atoms with E-state index in [-0.39, 0.29) is 11.6 Å². The molecule has 19 heavy (non-hydrogen) atoms. The third-order valence-electron chi connectivity index (χ3n) is 3.70. The van der Waals surface area contributed by atoms with Crippen molar-refractivity contribution in [3.8, 4) is 11.5 Å². The van der Waals surface area contributed by atoms with Crippen LogP contribution < -0.4 is 9.16 Å². The highest BCUT2D eigenvalue weighted by atomic mass is 79.9. The lowest BCUT2D eigenvalue weighted by atomic mass is 10.2. The van der Waals surface area contributed by atoms with Crippen molar-refractivity contribution in [2.24, 2.45) is 0 Å². The van der Waals surface area contributed by atoms with E-state index in [1.54, 1.807) is 7.11 Å². The first-order valence-electron chi connectivity index (χ1n) is 6.29. The van der Waals surface area contributed by atoms with Gasteiger partial charge in [0.25, 0.3) is 8.32 Å². The predicted octanol–water partition coefficient (Wildman–Crippen LogP) is 4.33. The molecule has 0 amide bonds. The molecule has 0 fully saturated rings. The highest BCUT2D eigenvalue weighted by Crippen LogP contribution is 2.43. The van der Waals surface area contributed by atoms with E-state index in [9.17, 15) is 5.11 Å². The first kappa shape index (κ1) is 16.5. The second kappa shape index (κ2) is 5.85. The van der Waals surface area contributed by atoms with Crippen LogP contribution in [-0.4, -0.2) is 20.5 Å². The maximum Gasteiger partial charge on any atom is 0.250 e. The fourth-order valence-corrected chi connectivity index (χ4v) is 3.21. The van der Waals surface area contributed by atoms with Crippen LogP contribution in [0.3, 0.4) is 0 Å². The van der Waals surface area contributed by atoms with Crippen molar-refractivity contribution in [2.45, 2.75) is 45.5 Å². The molecule has 5 heteroatoms. The first-order chi connectivity index (χ1) is 8.64. The highest BCUT2D eigenvalue weighted by Gasteiger charge is 2.40. The molecule has 0 aliphatic heterocycles. The smallest absolute Gasteiger partial charge is 0.250 e. The molecule has 0 bridgehead atoms. The van der Waals surface area contributed by atoms with Crippen molar-refractivity contribution in [1.29, 1.82) is 0 Å². The van der Waals surface area contributed by atoms with Crippen molar-refractivity contribution >= 4 is 24.2 Å². The van der Waals surface area contributed by atoms with Crippen LogP contribution in [0.5, 0.6) is 11.5 Å². The number of hydrogen-bond acceptors (Lipinski definition) is 3. The minimum Gasteiger partial charge on any atom is -0.542 e. The molecule has 0 spiro atoms. The topological polar surface area (TPSA) is 38.7 Å². The second-order valence-electron chi connectivity index (χ2n) is 6.09. The molecule has 0 saturated carbocycles. The van der Waals surface area contributed by atoms with Gasteiger partial charge < -0.3 is 14.3 Å². The van der Waals surface area contributed by atoms with Crippen LogP contribution in [0.4, 0.5) is 0 Å². The molecule has 1 aromatic carbocycles. The van der Waals surface area contributed by atoms with E-state index >= 15 is 0 Å². The fraction of sp³-hybridized carbons (Fsp3) is 0.571. The minimum atomic E-state index is -1.96. The zero-order chi connectivity index (χ0) is 14.8. The molecule has 0 aliphatic carbocycles. The van der Waals surface area contributed by atoms with Crippen LogP contribution >= 0.6 is 15.9 Å². The fourth-order valence-electron chi connectivity index (χ4n) is 1.38. The van der Waals surface area contributed by atoms with Crippen LogP contribution in [-0.2, 0) is 6.61 Å². The monoisotopic (exact) mass is 346 g/mol. The van der Waals surface area contributed by atoms with Crippen molar-refractivity contribution in [1.82, 2.24) is 0 Å². The summed E-state index contributed by atoms with van der Waals surface area (Å²) in [5, 5.41) is 9.58. The van der Waals surface area contributed by atoms with Crippen LogP contribution in [0.2, 0.25) is 18.1 Å². The zero-order valence-corrected chi connectivity index (χ0v) is 15.1. The molecule has 0 heterocycles. The van der Waals surface area contributed by atoms with Gasteiger partial charge in [-0.05, 0) is 46.2 Å². The lowest BCUT2D eigenvalue weighted by Gasteiger charge is -2.37. The van der Waals surface area contributed by atoms with Crippen molar-refractivity contribution in [2.75, 3.05) is 7.11 Å². The van der Waals surface area contributed by atoms with E-state index in [0.717, 1.165) is 10.0 Å². The van der Waals surface area contributed by atoms with Crippen LogP contribution in [0.15, 0.2) is 16.6 Å². The molecule has 3 nitrogen and oxygen atoms in total. The van der Waals surface area contributed by atoms with Gasteiger partial charge in [-0.2, -0.15) is 0 Å². The predicted molar refractivity (Wildman–Crippen MR) is 84.4 cm³/mol. The number of methoxy groups -OCH3 is 1. The Morgan fingerprint density at radius 2 is 1.84 bits per heavy atom. The Balaban J connectivity index is 3.26. The van der Waals surface area contributed by atoms with E-state index < -0.39 is 8.32 Å². The standard InChI is InChI=1S/C14H23BrO3Si/c1-14(2,3)19(5,6)18-13-10(9-16)7-8-11(17-4)12(13)15/h7-8,16H,9H2,1-6H3. The van der Waals surface area contributed by atoms with Gasteiger partial charge in [0.1, 0.15) is 16.0 Å². The van der Waals surface area contributed by atoms with Gasteiger partial charge in [0, 0.05) is 5.56 Å². The Labute approximate surface area is 125 Å². The molecular formula is C14H23BrO3Si. The molecule has 0 aromatic heterocycles. The van der Waals surface area contributed by atoms with E-state index in [1.807, 2.05) is 12.1 Å². The van der Waals surface area contributed by atoms with Gasteiger partial charge in [0.15, 0.2) is 0 Å². The van der Waals surface area contributed by atoms with E-state index in [1.165, 1.54) is 0 Å². The maximum absolute atomic E-state index is 9.48. The average Bonchev–Trinajstić information content (AvgIpc) is 2.30. The van der Waals surface area contributed by atoms with Gasteiger partial charge in [-0.15, -0.1) is 0 Å². The maximum atomic E-state index is 9.48. The SMILES string of the molecule is COc1ccc(CO)c(O[Si](C)(C)C(C)(C)C)c1Br. The third-order valence-corrected chi connectivity index (χ3v) is 8.77. The molecule has 0 unspecified atom stereocenters. The summed E-state index contributed by atoms with van der Waals surface area (Å²) in [6, 6.07) is 3.67. The molecule has 0 radical (unpaired) electrons. The summed E-state index contributed by atoms with van der Waals surface area (Å²) in [6.45, 7) is 10.9. The summed E-state index contributed by atoms with van der Waals surface area (Å²) in [6.07, 6.45) is 0. The molecule has 0 aliphatic rings. The third kappa shape index (κ3) is 3.52. The number of benzene rings is 1. The summed E-state index contributed by atoms with van der Waals surface area (Å²) < 4.78 is 12.4. The summed E-state index contributed by atoms with van der Waals surface area (Å²) in [5.74, 6) is 1.42. The van der Waals surface area contributed by atoms with Crippen LogP contribution in [0, 0.1) is 0 Å². The van der Waals surface area contributed by atoms with Gasteiger partial charge in [0.05, 0.1) is 13.7 Å². The van der Waals surface area contributed by atoms with Gasteiger partial charge in [0.2, 0.25) is 0 Å². The van der Waals surface area contributed by atoms with E-state index in [0.29, 0.717) is 11.5 Å². The quantitative estimate of drug-likeness (QED) is 0.824. The summed E-state index contributed by atoms with van der Waals surface area (Å²) in [7, 11) is -0.337. The largest absolute Gasteiger partial charge is 0.542 e. The minimum absolute atomic E-state index is 0.0491. The molecule has 108 valence electrons. The number of aliphatic hydroxyl groups excluding tert-OH is 1. The second-order valence-corrected chi connectivity index (χ2v) is 11.6. The number of ether oxygens (including phenoxy) is 1. The molecule has 1 rings (SSSR count). The Hall–Kier alpha value is -0.523. The highest BCUT2D eigenvalue weighted by molar-refractivity contribution is 9.10.